The lowest BCUT2D eigenvalue weighted by Gasteiger charge is -2.56. The molecule has 0 radical (unpaired) electrons. The van der Waals surface area contributed by atoms with E-state index in [0.717, 1.165) is 25.9 Å². The van der Waals surface area contributed by atoms with Crippen molar-refractivity contribution in [1.29, 1.82) is 0 Å². The highest BCUT2D eigenvalue weighted by Gasteiger charge is 2.48. The van der Waals surface area contributed by atoms with Crippen LogP contribution >= 0.6 is 15.9 Å². The van der Waals surface area contributed by atoms with Gasteiger partial charge in [0, 0.05) is 36.7 Å². The minimum atomic E-state index is -0.175. The first kappa shape index (κ1) is 15.5. The van der Waals surface area contributed by atoms with Gasteiger partial charge in [0.15, 0.2) is 0 Å². The topological polar surface area (TPSA) is 32.8 Å². The van der Waals surface area contributed by atoms with Crippen LogP contribution < -0.4 is 0 Å². The standard InChI is InChI=1S/C18H23BrN2O2/c1-23-17(22)20-8-6-18(7-9-20)11-21(12-18)16-5-2-13-10-14(19)3-4-15(13)16/h3-4,10,16H,2,5-9,11-12H2,1H3/t16-/m1/s1. The molecular formula is C18H23BrN2O2. The first-order valence-electron chi connectivity index (χ1n) is 8.45. The monoisotopic (exact) mass is 378 g/mol. The molecule has 1 atom stereocenters. The maximum Gasteiger partial charge on any atom is 0.409 e. The molecule has 0 aromatic heterocycles. The Bertz CT molecular complexity index is 617. The number of aryl methyl sites for hydroxylation is 1. The summed E-state index contributed by atoms with van der Waals surface area (Å²) in [6.45, 7) is 4.05. The number of ether oxygens (including phenoxy) is 1. The van der Waals surface area contributed by atoms with E-state index in [1.54, 1.807) is 0 Å². The predicted octanol–water partition coefficient (Wildman–Crippen LogP) is 3.60. The van der Waals surface area contributed by atoms with Crippen LogP contribution in [0.4, 0.5) is 4.79 Å². The zero-order chi connectivity index (χ0) is 16.0. The van der Waals surface area contributed by atoms with Gasteiger partial charge in [-0.25, -0.2) is 4.79 Å². The van der Waals surface area contributed by atoms with Crippen molar-refractivity contribution in [2.24, 2.45) is 5.41 Å². The number of halogens is 1. The van der Waals surface area contributed by atoms with Crippen LogP contribution in [0.2, 0.25) is 0 Å². The van der Waals surface area contributed by atoms with E-state index in [1.165, 1.54) is 48.6 Å². The van der Waals surface area contributed by atoms with E-state index in [2.05, 4.69) is 39.0 Å². The first-order valence-corrected chi connectivity index (χ1v) is 9.25. The molecule has 2 saturated heterocycles. The van der Waals surface area contributed by atoms with Crippen LogP contribution in [-0.4, -0.2) is 49.2 Å². The van der Waals surface area contributed by atoms with E-state index in [4.69, 9.17) is 4.74 Å². The normalized spacial score (nSPS) is 26.0. The lowest BCUT2D eigenvalue weighted by Crippen LogP contribution is -2.61. The van der Waals surface area contributed by atoms with Gasteiger partial charge in [-0.2, -0.15) is 0 Å². The fourth-order valence-corrected chi connectivity index (χ4v) is 5.00. The van der Waals surface area contributed by atoms with Gasteiger partial charge in [0.1, 0.15) is 0 Å². The van der Waals surface area contributed by atoms with Gasteiger partial charge in [-0.1, -0.05) is 22.0 Å². The highest BCUT2D eigenvalue weighted by molar-refractivity contribution is 9.10. The van der Waals surface area contributed by atoms with E-state index in [-0.39, 0.29) is 6.09 Å². The van der Waals surface area contributed by atoms with Crippen molar-refractivity contribution in [1.82, 2.24) is 9.80 Å². The summed E-state index contributed by atoms with van der Waals surface area (Å²) in [6, 6.07) is 7.34. The second kappa shape index (κ2) is 5.78. The number of amides is 1. The van der Waals surface area contributed by atoms with Crippen molar-refractivity contribution in [3.63, 3.8) is 0 Å². The van der Waals surface area contributed by atoms with Gasteiger partial charge in [0.25, 0.3) is 0 Å². The third-order valence-electron chi connectivity index (χ3n) is 5.93. The zero-order valence-electron chi connectivity index (χ0n) is 13.6. The minimum absolute atomic E-state index is 0.175. The summed E-state index contributed by atoms with van der Waals surface area (Å²) in [5, 5.41) is 0. The molecular weight excluding hydrogens is 356 g/mol. The molecule has 4 rings (SSSR count). The molecule has 1 amide bonds. The van der Waals surface area contributed by atoms with Crippen molar-refractivity contribution in [3.8, 4) is 0 Å². The average molecular weight is 379 g/mol. The Balaban J connectivity index is 1.37. The fourth-order valence-electron chi connectivity index (χ4n) is 4.59. The average Bonchev–Trinajstić information content (AvgIpc) is 2.94. The van der Waals surface area contributed by atoms with Gasteiger partial charge in [-0.05, 0) is 54.4 Å². The Morgan fingerprint density at radius 3 is 2.74 bits per heavy atom. The van der Waals surface area contributed by atoms with E-state index < -0.39 is 0 Å². The molecule has 23 heavy (non-hydrogen) atoms. The number of carbonyl (C=O) groups excluding carboxylic acids is 1. The number of fused-ring (bicyclic) bond motifs is 1. The van der Waals surface area contributed by atoms with Crippen molar-refractivity contribution in [2.75, 3.05) is 33.3 Å². The molecule has 3 aliphatic rings. The van der Waals surface area contributed by atoms with Gasteiger partial charge in [0.2, 0.25) is 0 Å². The van der Waals surface area contributed by atoms with Crippen LogP contribution in [0.5, 0.6) is 0 Å². The Morgan fingerprint density at radius 1 is 1.30 bits per heavy atom. The van der Waals surface area contributed by atoms with Gasteiger partial charge in [0.05, 0.1) is 7.11 Å². The van der Waals surface area contributed by atoms with Crippen LogP contribution in [-0.2, 0) is 11.2 Å². The van der Waals surface area contributed by atoms with Crippen molar-refractivity contribution >= 4 is 22.0 Å². The predicted molar refractivity (Wildman–Crippen MR) is 92.4 cm³/mol. The number of benzene rings is 1. The van der Waals surface area contributed by atoms with Crippen LogP contribution in [0.3, 0.4) is 0 Å². The number of carbonyl (C=O) groups is 1. The Kier molecular flexibility index (Phi) is 3.88. The van der Waals surface area contributed by atoms with E-state index in [9.17, 15) is 4.79 Å². The SMILES string of the molecule is COC(=O)N1CCC2(CC1)CN([C@@H]1CCc3cc(Br)ccc31)C2. The third-order valence-corrected chi connectivity index (χ3v) is 6.42. The lowest BCUT2D eigenvalue weighted by molar-refractivity contribution is -0.0672. The van der Waals surface area contributed by atoms with E-state index >= 15 is 0 Å². The molecule has 0 saturated carbocycles. The smallest absolute Gasteiger partial charge is 0.409 e. The van der Waals surface area contributed by atoms with E-state index in [1.807, 2.05) is 4.90 Å². The van der Waals surface area contributed by atoms with Gasteiger partial charge in [-0.15, -0.1) is 0 Å². The van der Waals surface area contributed by atoms with Crippen molar-refractivity contribution in [2.45, 2.75) is 31.7 Å². The Hall–Kier alpha value is -1.07. The summed E-state index contributed by atoms with van der Waals surface area (Å²) in [5.41, 5.74) is 3.46. The summed E-state index contributed by atoms with van der Waals surface area (Å²) in [6.07, 6.45) is 4.48. The summed E-state index contributed by atoms with van der Waals surface area (Å²) in [4.78, 5) is 16.1. The number of rotatable bonds is 1. The molecule has 1 aromatic rings. The lowest BCUT2D eigenvalue weighted by atomic mass is 9.71. The van der Waals surface area contributed by atoms with Crippen molar-refractivity contribution < 1.29 is 9.53 Å². The molecule has 2 heterocycles. The molecule has 0 bridgehead atoms. The first-order chi connectivity index (χ1) is 11.1. The molecule has 124 valence electrons. The highest BCUT2D eigenvalue weighted by atomic mass is 79.9. The van der Waals surface area contributed by atoms with Crippen LogP contribution in [0.1, 0.15) is 36.4 Å². The van der Waals surface area contributed by atoms with E-state index in [0.29, 0.717) is 11.5 Å². The number of likely N-dealkylation sites (tertiary alicyclic amines) is 2. The molecule has 1 aliphatic carbocycles. The maximum atomic E-state index is 11.6. The van der Waals surface area contributed by atoms with Crippen LogP contribution in [0.25, 0.3) is 0 Å². The van der Waals surface area contributed by atoms with Crippen LogP contribution in [0.15, 0.2) is 22.7 Å². The second-order valence-corrected chi connectivity index (χ2v) is 8.18. The van der Waals surface area contributed by atoms with Gasteiger partial charge in [-0.3, -0.25) is 4.90 Å². The van der Waals surface area contributed by atoms with Crippen LogP contribution in [0, 0.1) is 5.41 Å². The molecule has 0 unspecified atom stereocenters. The summed E-state index contributed by atoms with van der Waals surface area (Å²) in [5.74, 6) is 0. The molecule has 2 aliphatic heterocycles. The van der Waals surface area contributed by atoms with Gasteiger partial charge < -0.3 is 9.64 Å². The highest BCUT2D eigenvalue weighted by Crippen LogP contribution is 2.47. The molecule has 2 fully saturated rings. The van der Waals surface area contributed by atoms with Crippen molar-refractivity contribution in [3.05, 3.63) is 33.8 Å². The molecule has 1 aromatic carbocycles. The number of hydrogen-bond donors (Lipinski definition) is 0. The molecule has 1 spiro atoms. The largest absolute Gasteiger partial charge is 0.453 e. The molecule has 4 nitrogen and oxygen atoms in total. The summed E-state index contributed by atoms with van der Waals surface area (Å²) >= 11 is 3.58. The minimum Gasteiger partial charge on any atom is -0.453 e. The second-order valence-electron chi connectivity index (χ2n) is 7.26. The Morgan fingerprint density at radius 2 is 2.04 bits per heavy atom. The summed E-state index contributed by atoms with van der Waals surface area (Å²) < 4.78 is 6.02. The quantitative estimate of drug-likeness (QED) is 0.748. The number of hydrogen-bond acceptors (Lipinski definition) is 3. The van der Waals surface area contributed by atoms with Gasteiger partial charge >= 0.3 is 6.09 Å². The number of piperidine rings is 1. The summed E-state index contributed by atoms with van der Waals surface area (Å²) in [7, 11) is 1.47. The number of nitrogens with zero attached hydrogens (tertiary/aromatic N) is 2. The zero-order valence-corrected chi connectivity index (χ0v) is 15.1. The number of methoxy groups -OCH3 is 1. The third kappa shape index (κ3) is 2.68. The Labute approximate surface area is 145 Å². The fraction of sp³-hybridized carbons (Fsp3) is 0.611. The maximum absolute atomic E-state index is 11.6. The molecule has 0 N–H and O–H groups in total. The molecule has 5 heteroatoms.